The zero-order valence-corrected chi connectivity index (χ0v) is 60.3. The number of carboxylic acids is 7. The zero-order valence-electron chi connectivity index (χ0n) is 57.7. The highest BCUT2D eigenvalue weighted by Crippen LogP contribution is 2.36. The van der Waals surface area contributed by atoms with Crippen LogP contribution in [0.2, 0.25) is 0 Å². The van der Waals surface area contributed by atoms with Crippen LogP contribution < -0.4 is 75.3 Å². The molecule has 0 radical (unpaired) electrons. The summed E-state index contributed by atoms with van der Waals surface area (Å²) < 4.78 is 31.9. The average molecular weight is 1600 g/mol. The van der Waals surface area contributed by atoms with Gasteiger partial charge in [-0.25, -0.2) is 9.13 Å². The number of hydrogen-bond donors (Lipinski definition) is 25. The Kier molecular flexibility index (Phi) is 42.4. The Bertz CT molecular complexity index is 3380. The van der Waals surface area contributed by atoms with Crippen LogP contribution in [0.5, 0.6) is 0 Å². The molecular weight excluding hydrogens is 1510 g/mol. The number of phosphoric acid groups is 2. The minimum atomic E-state index is -5.56. The molecule has 0 bridgehead atoms. The molecular formula is C55H88N14O35P2S. The number of carbonyl (C=O) groups is 20. The number of amides is 13. The fraction of sp³-hybridized carbons (Fsp3) is 0.636. The number of aliphatic carboxylic acids is 7. The van der Waals surface area contributed by atoms with Crippen LogP contribution in [0.15, 0.2) is 0 Å². The number of thioether (sulfide) groups is 1. The van der Waals surface area contributed by atoms with E-state index in [1.165, 1.54) is 39.5 Å². The van der Waals surface area contributed by atoms with Crippen LogP contribution in [-0.2, 0) is 114 Å². The average Bonchev–Trinajstić information content (AvgIpc) is 0.849. The van der Waals surface area contributed by atoms with Crippen molar-refractivity contribution in [2.75, 3.05) is 25.2 Å². The predicted molar refractivity (Wildman–Crippen MR) is 354 cm³/mol. The van der Waals surface area contributed by atoms with E-state index in [2.05, 4.69) is 30.3 Å². The molecule has 0 aliphatic rings. The van der Waals surface area contributed by atoms with Gasteiger partial charge in [0.2, 0.25) is 76.8 Å². The van der Waals surface area contributed by atoms with Gasteiger partial charge >= 0.3 is 57.4 Å². The van der Waals surface area contributed by atoms with E-state index in [0.717, 1.165) is 6.92 Å². The Balaban J connectivity index is 7.26. The standard InChI is InChI=1S/C55H88N14O35P2S/c1-7-22(4)42(54(94)60-26(9-11-36(73)74)45(85)68-41(21(2)3)53(93)59-25(8-10-35(71)72)44(84)67-33(20-104-106(100,101)102)52(92)64-28(15-37(75)76)46(86)58-23(5)55(95)96)69-50(90)31(18-40(81)82)63-49(89)29(16-38(77)78)62-47(87)27(14-34(57)70)61-48(88)30(17-39(79)80)65-51(91)32(19-103-105(97,98)99)66-43(83)24(56)12-13-107-6/h21-33,41-42H,7-20,56H2,1-6H3,(H2,57,70)(H,58,86)(H,59,93)(H,60,94)(H,61,88)(H,62,87)(H,63,89)(H,64,92)(H,65,91)(H,66,83)(H,67,84)(H,68,85)(H,69,90)(H,71,72)(H,73,74)(H,75,76)(H,77,78)(H,79,80)(H,81,82)(H,95,96)(H2,97,98,99)(H2,100,101,102)/t22-,23-,24-,25-,26-,27-,28-,29-,30-,31-,32-,33-,41-,42-/m0/s1. The summed E-state index contributed by atoms with van der Waals surface area (Å²) in [7, 11) is -11.0. The normalized spacial score (nSPS) is 15.3. The van der Waals surface area contributed by atoms with Crippen LogP contribution in [0.1, 0.15) is 105 Å². The van der Waals surface area contributed by atoms with Gasteiger partial charge in [0.15, 0.2) is 0 Å². The van der Waals surface area contributed by atoms with Crippen molar-refractivity contribution in [1.29, 1.82) is 0 Å². The van der Waals surface area contributed by atoms with Crippen molar-refractivity contribution in [3.63, 3.8) is 0 Å². The van der Waals surface area contributed by atoms with Gasteiger partial charge in [-0.1, -0.05) is 34.1 Å². The van der Waals surface area contributed by atoms with E-state index in [1.54, 1.807) is 6.26 Å². The smallest absolute Gasteiger partial charge is 0.469 e. The third-order valence-corrected chi connectivity index (χ3v) is 16.1. The van der Waals surface area contributed by atoms with Gasteiger partial charge in [0.1, 0.15) is 72.5 Å². The van der Waals surface area contributed by atoms with Crippen LogP contribution in [0.4, 0.5) is 0 Å². The fourth-order valence-corrected chi connectivity index (χ4v) is 9.84. The zero-order chi connectivity index (χ0) is 82.7. The number of rotatable bonds is 53. The van der Waals surface area contributed by atoms with Gasteiger partial charge in [0.25, 0.3) is 0 Å². The van der Waals surface area contributed by atoms with Crippen molar-refractivity contribution in [3.05, 3.63) is 0 Å². The van der Waals surface area contributed by atoms with E-state index in [4.69, 9.17) is 11.5 Å². The highest BCUT2D eigenvalue weighted by molar-refractivity contribution is 7.98. The highest BCUT2D eigenvalue weighted by atomic mass is 32.2. The molecule has 27 N–H and O–H groups in total. The first-order chi connectivity index (χ1) is 49.3. The molecule has 107 heavy (non-hydrogen) atoms. The molecule has 0 aliphatic carbocycles. The highest BCUT2D eigenvalue weighted by Gasteiger charge is 2.41. The molecule has 0 aromatic rings. The summed E-state index contributed by atoms with van der Waals surface area (Å²) >= 11 is 1.25. The molecule has 0 fully saturated rings. The lowest BCUT2D eigenvalue weighted by Crippen LogP contribution is -2.62. The maximum absolute atomic E-state index is 14.3. The van der Waals surface area contributed by atoms with Crippen LogP contribution in [0.3, 0.4) is 0 Å². The van der Waals surface area contributed by atoms with Gasteiger partial charge < -0.3 is 131 Å². The molecule has 0 saturated carbocycles. The van der Waals surface area contributed by atoms with Crippen molar-refractivity contribution in [3.8, 4) is 0 Å². The first kappa shape index (κ1) is 96.9. The molecule has 49 nitrogen and oxygen atoms in total. The van der Waals surface area contributed by atoms with Gasteiger partial charge in [0.05, 0.1) is 51.4 Å². The van der Waals surface area contributed by atoms with Gasteiger partial charge in [-0.2, -0.15) is 11.8 Å². The van der Waals surface area contributed by atoms with Crippen molar-refractivity contribution >= 4 is 146 Å². The Morgan fingerprint density at radius 1 is 0.374 bits per heavy atom. The van der Waals surface area contributed by atoms with Crippen molar-refractivity contribution in [2.24, 2.45) is 23.3 Å². The Hall–Kier alpha value is -10.1. The summed E-state index contributed by atoms with van der Waals surface area (Å²) in [5.41, 5.74) is 11.1. The molecule has 0 saturated heterocycles. The molecule has 0 aliphatic heterocycles. The maximum Gasteiger partial charge on any atom is 0.469 e. The number of hydrogen-bond acceptors (Lipinski definition) is 26. The topological polar surface area (TPSA) is 813 Å². The van der Waals surface area contributed by atoms with Crippen LogP contribution in [-0.4, -0.2) is 278 Å². The lowest BCUT2D eigenvalue weighted by Gasteiger charge is -2.30. The molecule has 0 aromatic heterocycles. The first-order valence-electron chi connectivity index (χ1n) is 31.4. The van der Waals surface area contributed by atoms with E-state index in [-0.39, 0.29) is 12.8 Å². The van der Waals surface area contributed by atoms with Gasteiger partial charge in [-0.05, 0) is 50.0 Å². The number of nitrogens with one attached hydrogen (secondary N) is 12. The number of phosphoric ester groups is 2. The van der Waals surface area contributed by atoms with E-state index in [9.17, 15) is 160 Å². The molecule has 0 spiro atoms. The van der Waals surface area contributed by atoms with Crippen LogP contribution in [0, 0.1) is 11.8 Å². The summed E-state index contributed by atoms with van der Waals surface area (Å²) in [5, 5.41) is 90.7. The lowest BCUT2D eigenvalue weighted by molar-refractivity contribution is -0.144. The number of primary amides is 1. The molecule has 0 heterocycles. The minimum absolute atomic E-state index is 0.00258. The second-order valence-corrected chi connectivity index (χ2v) is 27.1. The third kappa shape index (κ3) is 39.7. The van der Waals surface area contributed by atoms with Crippen LogP contribution >= 0.6 is 27.4 Å². The Morgan fingerprint density at radius 2 is 0.654 bits per heavy atom. The molecule has 13 amide bonds. The second-order valence-electron chi connectivity index (χ2n) is 23.6. The van der Waals surface area contributed by atoms with Crippen molar-refractivity contribution in [2.45, 2.75) is 184 Å². The number of nitrogens with two attached hydrogens (primary N) is 2. The Morgan fingerprint density at radius 3 is 0.963 bits per heavy atom. The molecule has 0 rings (SSSR count). The quantitative estimate of drug-likeness (QED) is 0.0252. The second kappa shape index (κ2) is 46.8. The molecule has 14 atom stereocenters. The molecule has 604 valence electrons. The SMILES string of the molecule is CC[C@H](C)[C@H](NC(=O)[C@H](CC(=O)O)NC(=O)[C@H](CC(=O)O)NC(=O)[C@H](CC(N)=O)NC(=O)[C@H](CC(=O)O)NC(=O)[C@H](COP(=O)(O)O)NC(=O)[C@@H](N)CCSC)C(=O)N[C@@H](CCC(=O)O)C(=O)N[C@H](C(=O)N[C@@H](CCC(=O)O)C(=O)N[C@@H](COP(=O)(O)O)C(=O)N[C@@H](CC(=O)O)C(=O)N[C@@H](C)C(=O)O)C(C)C. The first-order valence-corrected chi connectivity index (χ1v) is 35.9. The number of carbonyl (C=O) groups excluding carboxylic acids is 13. The summed E-state index contributed by atoms with van der Waals surface area (Å²) in [6.07, 6.45) is -8.91. The Labute approximate surface area is 609 Å². The van der Waals surface area contributed by atoms with E-state index in [0.29, 0.717) is 5.75 Å². The molecule has 0 aromatic carbocycles. The predicted octanol–water partition coefficient (Wildman–Crippen LogP) is -9.59. The van der Waals surface area contributed by atoms with Crippen molar-refractivity contribution in [1.82, 2.24) is 63.8 Å². The van der Waals surface area contributed by atoms with E-state index >= 15 is 0 Å². The molecule has 0 unspecified atom stereocenters. The van der Waals surface area contributed by atoms with Gasteiger partial charge in [0, 0.05) is 12.8 Å². The summed E-state index contributed by atoms with van der Waals surface area (Å²) in [6, 6.07) is -27.1. The van der Waals surface area contributed by atoms with E-state index < -0.39 is 296 Å². The maximum atomic E-state index is 14.3. The van der Waals surface area contributed by atoms with Crippen molar-refractivity contribution < 1.29 is 169 Å². The summed E-state index contributed by atoms with van der Waals surface area (Å²) in [5.74, 6) is -33.7. The minimum Gasteiger partial charge on any atom is -0.481 e. The van der Waals surface area contributed by atoms with E-state index in [1.807, 2.05) is 42.5 Å². The number of carboxylic acid groups (broad SMARTS) is 7. The summed E-state index contributed by atoms with van der Waals surface area (Å²) in [6.45, 7) is 3.38. The lowest BCUT2D eigenvalue weighted by atomic mass is 9.96. The van der Waals surface area contributed by atoms with Crippen LogP contribution in [0.25, 0.3) is 0 Å². The summed E-state index contributed by atoms with van der Waals surface area (Å²) in [4.78, 5) is 297. The monoisotopic (exact) mass is 1600 g/mol. The molecule has 52 heteroatoms. The van der Waals surface area contributed by atoms with Gasteiger partial charge in [-0.15, -0.1) is 0 Å². The largest absolute Gasteiger partial charge is 0.481 e. The fourth-order valence-electron chi connectivity index (χ4n) is 8.66. The van der Waals surface area contributed by atoms with Gasteiger partial charge in [-0.3, -0.25) is 105 Å². The third-order valence-electron chi connectivity index (χ3n) is 14.5.